The minimum atomic E-state index is -1.09. The van der Waals surface area contributed by atoms with E-state index >= 15 is 0 Å². The van der Waals surface area contributed by atoms with Gasteiger partial charge in [0.1, 0.15) is 5.75 Å². The molecule has 0 bridgehead atoms. The van der Waals surface area contributed by atoms with Gasteiger partial charge in [0.05, 0.1) is 19.3 Å². The third kappa shape index (κ3) is 8.57. The first kappa shape index (κ1) is 20.7. The molecule has 0 aromatic heterocycles. The summed E-state index contributed by atoms with van der Waals surface area (Å²) in [5, 5.41) is 20.9. The standard InChI is InChI=1S/C21H27NO5/c23-20(11-12-22-21(24)25)18-9-6-10-19(15-18)27-14-5-4-13-26-16-17-7-2-1-3-8-17/h1-3,6-10,15,20,22-23H,4-5,11-14,16H2,(H,24,25). The van der Waals surface area contributed by atoms with Gasteiger partial charge in [-0.1, -0.05) is 42.5 Å². The molecule has 0 heterocycles. The van der Waals surface area contributed by atoms with Crippen LogP contribution in [0.25, 0.3) is 0 Å². The summed E-state index contributed by atoms with van der Waals surface area (Å²) in [6, 6.07) is 17.3. The average Bonchev–Trinajstić information content (AvgIpc) is 2.68. The van der Waals surface area contributed by atoms with E-state index in [4.69, 9.17) is 14.6 Å². The topological polar surface area (TPSA) is 88.0 Å². The van der Waals surface area contributed by atoms with Gasteiger partial charge in [0.15, 0.2) is 0 Å². The quantitative estimate of drug-likeness (QED) is 0.493. The second kappa shape index (κ2) is 11.9. The van der Waals surface area contributed by atoms with E-state index in [1.807, 2.05) is 42.5 Å². The maximum absolute atomic E-state index is 10.4. The van der Waals surface area contributed by atoms with E-state index in [-0.39, 0.29) is 6.54 Å². The fraction of sp³-hybridized carbons (Fsp3) is 0.381. The number of aliphatic hydroxyl groups excluding tert-OH is 1. The van der Waals surface area contributed by atoms with Crippen LogP contribution in [0.4, 0.5) is 4.79 Å². The van der Waals surface area contributed by atoms with Gasteiger partial charge in [0.25, 0.3) is 0 Å². The van der Waals surface area contributed by atoms with Crippen LogP contribution in [-0.4, -0.2) is 36.1 Å². The Balaban J connectivity index is 1.60. The minimum Gasteiger partial charge on any atom is -0.494 e. The van der Waals surface area contributed by atoms with E-state index in [1.54, 1.807) is 12.1 Å². The molecule has 2 aromatic rings. The van der Waals surface area contributed by atoms with E-state index in [0.717, 1.165) is 12.8 Å². The van der Waals surface area contributed by atoms with E-state index < -0.39 is 12.2 Å². The Bertz CT molecular complexity index is 677. The van der Waals surface area contributed by atoms with Crippen LogP contribution in [0.1, 0.15) is 36.5 Å². The van der Waals surface area contributed by atoms with E-state index in [0.29, 0.717) is 37.6 Å². The Labute approximate surface area is 159 Å². The lowest BCUT2D eigenvalue weighted by molar-refractivity contribution is 0.113. The molecule has 0 aliphatic carbocycles. The van der Waals surface area contributed by atoms with Crippen molar-refractivity contribution in [2.24, 2.45) is 0 Å². The summed E-state index contributed by atoms with van der Waals surface area (Å²) in [6.45, 7) is 2.09. The number of amides is 1. The highest BCUT2D eigenvalue weighted by Gasteiger charge is 2.09. The zero-order chi connectivity index (χ0) is 19.3. The molecule has 1 atom stereocenters. The third-order valence-electron chi connectivity index (χ3n) is 4.00. The molecule has 0 spiro atoms. The van der Waals surface area contributed by atoms with E-state index in [9.17, 15) is 9.90 Å². The highest BCUT2D eigenvalue weighted by atomic mass is 16.5. The molecule has 0 fully saturated rings. The summed E-state index contributed by atoms with van der Waals surface area (Å²) in [5.74, 6) is 0.697. The lowest BCUT2D eigenvalue weighted by atomic mass is 10.1. The molecule has 6 heteroatoms. The Morgan fingerprint density at radius 2 is 1.81 bits per heavy atom. The number of carbonyl (C=O) groups is 1. The van der Waals surface area contributed by atoms with Crippen molar-refractivity contribution in [2.45, 2.75) is 32.0 Å². The van der Waals surface area contributed by atoms with Crippen molar-refractivity contribution in [3.63, 3.8) is 0 Å². The summed E-state index contributed by atoms with van der Waals surface area (Å²) in [5.41, 5.74) is 1.88. The predicted octanol–water partition coefficient (Wildman–Crippen LogP) is 3.75. The van der Waals surface area contributed by atoms with Crippen molar-refractivity contribution in [2.75, 3.05) is 19.8 Å². The predicted molar refractivity (Wildman–Crippen MR) is 103 cm³/mol. The van der Waals surface area contributed by atoms with E-state index in [1.165, 1.54) is 5.56 Å². The summed E-state index contributed by atoms with van der Waals surface area (Å²) in [7, 11) is 0. The van der Waals surface area contributed by atoms with Gasteiger partial charge in [-0.2, -0.15) is 0 Å². The minimum absolute atomic E-state index is 0.199. The molecule has 0 saturated heterocycles. The fourth-order valence-corrected chi connectivity index (χ4v) is 2.55. The summed E-state index contributed by atoms with van der Waals surface area (Å²) >= 11 is 0. The van der Waals surface area contributed by atoms with Crippen LogP contribution in [-0.2, 0) is 11.3 Å². The molecule has 3 N–H and O–H groups in total. The van der Waals surface area contributed by atoms with Crippen LogP contribution in [0.5, 0.6) is 5.75 Å². The monoisotopic (exact) mass is 373 g/mol. The van der Waals surface area contributed by atoms with Crippen LogP contribution in [0.3, 0.4) is 0 Å². The second-order valence-electron chi connectivity index (χ2n) is 6.20. The van der Waals surface area contributed by atoms with Crippen molar-refractivity contribution in [1.29, 1.82) is 0 Å². The Hall–Kier alpha value is -2.57. The zero-order valence-electron chi connectivity index (χ0n) is 15.3. The van der Waals surface area contributed by atoms with Crippen LogP contribution in [0, 0.1) is 0 Å². The number of hydrogen-bond donors (Lipinski definition) is 3. The molecule has 2 rings (SSSR count). The molecule has 0 radical (unpaired) electrons. The molecular formula is C21H27NO5. The number of unbranched alkanes of at least 4 members (excludes halogenated alkanes) is 1. The van der Waals surface area contributed by atoms with Crippen molar-refractivity contribution >= 4 is 6.09 Å². The second-order valence-corrected chi connectivity index (χ2v) is 6.20. The fourth-order valence-electron chi connectivity index (χ4n) is 2.55. The number of rotatable bonds is 12. The molecule has 146 valence electrons. The number of ether oxygens (including phenoxy) is 2. The largest absolute Gasteiger partial charge is 0.494 e. The summed E-state index contributed by atoms with van der Waals surface area (Å²) in [4.78, 5) is 10.4. The number of aliphatic hydroxyl groups is 1. The van der Waals surface area contributed by atoms with Gasteiger partial charge in [-0.15, -0.1) is 0 Å². The van der Waals surface area contributed by atoms with Gasteiger partial charge in [0.2, 0.25) is 0 Å². The SMILES string of the molecule is O=C(O)NCCC(O)c1cccc(OCCCCOCc2ccccc2)c1. The molecular weight excluding hydrogens is 346 g/mol. The van der Waals surface area contributed by atoms with Crippen LogP contribution in [0.2, 0.25) is 0 Å². The number of benzene rings is 2. The zero-order valence-corrected chi connectivity index (χ0v) is 15.3. The maximum Gasteiger partial charge on any atom is 0.404 e. The molecule has 2 aromatic carbocycles. The Kier molecular flexibility index (Phi) is 9.17. The molecule has 0 aliphatic rings. The molecule has 0 saturated carbocycles. The first-order chi connectivity index (χ1) is 13.1. The van der Waals surface area contributed by atoms with Crippen molar-refractivity contribution in [3.8, 4) is 5.75 Å². The molecule has 27 heavy (non-hydrogen) atoms. The van der Waals surface area contributed by atoms with Crippen molar-refractivity contribution in [3.05, 3.63) is 65.7 Å². The van der Waals surface area contributed by atoms with Gasteiger partial charge < -0.3 is 25.0 Å². The maximum atomic E-state index is 10.4. The third-order valence-corrected chi connectivity index (χ3v) is 4.00. The van der Waals surface area contributed by atoms with Gasteiger partial charge in [0, 0.05) is 13.2 Å². The lowest BCUT2D eigenvalue weighted by Gasteiger charge is -2.13. The van der Waals surface area contributed by atoms with Crippen LogP contribution in [0.15, 0.2) is 54.6 Å². The highest BCUT2D eigenvalue weighted by molar-refractivity contribution is 5.64. The smallest absolute Gasteiger partial charge is 0.404 e. The van der Waals surface area contributed by atoms with E-state index in [2.05, 4.69) is 5.32 Å². The van der Waals surface area contributed by atoms with Crippen LogP contribution >= 0.6 is 0 Å². The molecule has 0 aliphatic heterocycles. The van der Waals surface area contributed by atoms with Gasteiger partial charge in [-0.25, -0.2) is 4.79 Å². The van der Waals surface area contributed by atoms with Crippen molar-refractivity contribution in [1.82, 2.24) is 5.32 Å². The Morgan fingerprint density at radius 1 is 1.04 bits per heavy atom. The Morgan fingerprint density at radius 3 is 2.59 bits per heavy atom. The molecule has 1 amide bonds. The number of carboxylic acid groups (broad SMARTS) is 1. The molecule has 1 unspecified atom stereocenters. The summed E-state index contributed by atoms with van der Waals surface area (Å²) in [6.07, 6.45) is 0.285. The van der Waals surface area contributed by atoms with Gasteiger partial charge >= 0.3 is 6.09 Å². The van der Waals surface area contributed by atoms with Gasteiger partial charge in [-0.05, 0) is 42.5 Å². The number of nitrogens with one attached hydrogen (secondary N) is 1. The normalized spacial score (nSPS) is 11.7. The number of hydrogen-bond acceptors (Lipinski definition) is 4. The first-order valence-corrected chi connectivity index (χ1v) is 9.14. The van der Waals surface area contributed by atoms with Gasteiger partial charge in [-0.3, -0.25) is 0 Å². The first-order valence-electron chi connectivity index (χ1n) is 9.14. The highest BCUT2D eigenvalue weighted by Crippen LogP contribution is 2.21. The summed E-state index contributed by atoms with van der Waals surface area (Å²) < 4.78 is 11.4. The lowest BCUT2D eigenvalue weighted by Crippen LogP contribution is -2.23. The molecule has 6 nitrogen and oxygen atoms in total. The average molecular weight is 373 g/mol. The van der Waals surface area contributed by atoms with Crippen molar-refractivity contribution < 1.29 is 24.5 Å². The van der Waals surface area contributed by atoms with Crippen LogP contribution < -0.4 is 10.1 Å².